The lowest BCUT2D eigenvalue weighted by molar-refractivity contribution is 0.0944. The van der Waals surface area contributed by atoms with Gasteiger partial charge in [0.25, 0.3) is 5.91 Å². The summed E-state index contributed by atoms with van der Waals surface area (Å²) in [5.41, 5.74) is 3.62. The van der Waals surface area contributed by atoms with Gasteiger partial charge in [0.1, 0.15) is 5.69 Å². The molecule has 0 fully saturated rings. The summed E-state index contributed by atoms with van der Waals surface area (Å²) in [6.07, 6.45) is 1.68. The lowest BCUT2D eigenvalue weighted by Crippen LogP contribution is -2.27. The number of hydrogen-bond donors (Lipinski definition) is 2. The Bertz CT molecular complexity index is 631. The van der Waals surface area contributed by atoms with Crippen LogP contribution in [0.2, 0.25) is 0 Å². The molecule has 0 spiro atoms. The first-order valence-electron chi connectivity index (χ1n) is 8.07. The molecular formula is C19H25N3O. The zero-order valence-corrected chi connectivity index (χ0v) is 14.3. The average molecular weight is 311 g/mol. The van der Waals surface area contributed by atoms with Crippen molar-refractivity contribution in [3.8, 4) is 0 Å². The number of rotatable bonds is 6. The average Bonchev–Trinajstić information content (AvgIpc) is 2.54. The van der Waals surface area contributed by atoms with E-state index in [9.17, 15) is 4.79 Å². The number of nitrogens with one attached hydrogen (secondary N) is 2. The number of amides is 1. The monoisotopic (exact) mass is 311 g/mol. The van der Waals surface area contributed by atoms with Crippen molar-refractivity contribution in [2.45, 2.75) is 33.6 Å². The molecule has 2 rings (SSSR count). The van der Waals surface area contributed by atoms with Crippen LogP contribution in [0.5, 0.6) is 0 Å². The molecule has 4 heteroatoms. The molecule has 2 N–H and O–H groups in total. The van der Waals surface area contributed by atoms with Gasteiger partial charge in [-0.3, -0.25) is 4.79 Å². The van der Waals surface area contributed by atoms with E-state index in [1.54, 1.807) is 12.3 Å². The van der Waals surface area contributed by atoms with Crippen LogP contribution < -0.4 is 10.6 Å². The molecule has 23 heavy (non-hydrogen) atoms. The minimum Gasteiger partial charge on any atom is -0.354 e. The topological polar surface area (TPSA) is 54.0 Å². The van der Waals surface area contributed by atoms with Gasteiger partial charge in [-0.05, 0) is 41.7 Å². The van der Waals surface area contributed by atoms with E-state index in [0.717, 1.165) is 11.4 Å². The van der Waals surface area contributed by atoms with Crippen molar-refractivity contribution in [1.29, 1.82) is 0 Å². The molecule has 4 nitrogen and oxygen atoms in total. The van der Waals surface area contributed by atoms with Crippen LogP contribution in [0.15, 0.2) is 42.6 Å². The molecule has 0 aliphatic carbocycles. The Hall–Kier alpha value is -2.36. The number of pyridine rings is 1. The third-order valence-electron chi connectivity index (χ3n) is 3.53. The molecule has 0 bridgehead atoms. The van der Waals surface area contributed by atoms with Gasteiger partial charge in [0, 0.05) is 12.2 Å². The van der Waals surface area contributed by atoms with E-state index < -0.39 is 0 Å². The second kappa shape index (κ2) is 7.77. The summed E-state index contributed by atoms with van der Waals surface area (Å²) in [6, 6.07) is 12.0. The largest absolute Gasteiger partial charge is 0.354 e. The van der Waals surface area contributed by atoms with Crippen molar-refractivity contribution in [2.24, 2.45) is 5.92 Å². The van der Waals surface area contributed by atoms with E-state index >= 15 is 0 Å². The van der Waals surface area contributed by atoms with Crippen molar-refractivity contribution in [1.82, 2.24) is 10.3 Å². The summed E-state index contributed by atoms with van der Waals surface area (Å²) in [4.78, 5) is 16.1. The Kier molecular flexibility index (Phi) is 5.74. The minimum absolute atomic E-state index is 0.133. The lowest BCUT2D eigenvalue weighted by Gasteiger charge is -2.10. The quantitative estimate of drug-likeness (QED) is 0.834. The molecule has 1 heterocycles. The third kappa shape index (κ3) is 5.09. The number of benzene rings is 1. The van der Waals surface area contributed by atoms with E-state index in [2.05, 4.69) is 67.6 Å². The molecule has 0 saturated heterocycles. The summed E-state index contributed by atoms with van der Waals surface area (Å²) in [5, 5.41) is 6.15. The van der Waals surface area contributed by atoms with Gasteiger partial charge in [-0.1, -0.05) is 39.8 Å². The summed E-state index contributed by atoms with van der Waals surface area (Å²) in [7, 11) is 0. The maximum absolute atomic E-state index is 11.9. The van der Waals surface area contributed by atoms with Crippen LogP contribution in [0.25, 0.3) is 0 Å². The molecule has 122 valence electrons. The molecule has 0 aliphatic heterocycles. The normalized spacial score (nSPS) is 10.9. The minimum atomic E-state index is -0.133. The van der Waals surface area contributed by atoms with Gasteiger partial charge < -0.3 is 10.6 Å². The molecular weight excluding hydrogens is 286 g/mol. The smallest absolute Gasteiger partial charge is 0.269 e. The van der Waals surface area contributed by atoms with Crippen LogP contribution in [0.4, 0.5) is 11.4 Å². The Labute approximate surface area is 138 Å². The Morgan fingerprint density at radius 1 is 1.00 bits per heavy atom. The standard InChI is InChI=1S/C19H25N3O/c1-13(2)11-21-19(23)18-10-9-17(12-20-18)22-16-7-5-15(6-8-16)14(3)4/h5-10,12-14,22H,11H2,1-4H3,(H,21,23). The number of anilines is 2. The first-order valence-corrected chi connectivity index (χ1v) is 8.07. The Morgan fingerprint density at radius 2 is 1.65 bits per heavy atom. The van der Waals surface area contributed by atoms with Crippen LogP contribution >= 0.6 is 0 Å². The summed E-state index contributed by atoms with van der Waals surface area (Å²) in [6.45, 7) is 9.13. The fraction of sp³-hybridized carbons (Fsp3) is 0.368. The zero-order valence-electron chi connectivity index (χ0n) is 14.3. The molecule has 0 atom stereocenters. The molecule has 1 aromatic heterocycles. The van der Waals surface area contributed by atoms with Gasteiger partial charge in [0.05, 0.1) is 11.9 Å². The lowest BCUT2D eigenvalue weighted by atomic mass is 10.0. The zero-order chi connectivity index (χ0) is 16.8. The van der Waals surface area contributed by atoms with Crippen molar-refractivity contribution in [3.05, 3.63) is 53.9 Å². The summed E-state index contributed by atoms with van der Waals surface area (Å²) in [5.74, 6) is 0.814. The number of carbonyl (C=O) groups excluding carboxylic acids is 1. The van der Waals surface area contributed by atoms with E-state index in [1.165, 1.54) is 5.56 Å². The van der Waals surface area contributed by atoms with E-state index in [4.69, 9.17) is 0 Å². The number of aromatic nitrogens is 1. The summed E-state index contributed by atoms with van der Waals surface area (Å²) < 4.78 is 0. The van der Waals surface area contributed by atoms with Gasteiger partial charge in [-0.25, -0.2) is 4.98 Å². The molecule has 2 aromatic rings. The summed E-state index contributed by atoms with van der Waals surface area (Å²) >= 11 is 0. The molecule has 0 radical (unpaired) electrons. The first kappa shape index (κ1) is 17.0. The van der Waals surface area contributed by atoms with Crippen LogP contribution in [-0.2, 0) is 0 Å². The second-order valence-electron chi connectivity index (χ2n) is 6.44. The van der Waals surface area contributed by atoms with E-state index in [1.807, 2.05) is 6.07 Å². The van der Waals surface area contributed by atoms with Crippen molar-refractivity contribution < 1.29 is 4.79 Å². The van der Waals surface area contributed by atoms with Gasteiger partial charge in [0.15, 0.2) is 0 Å². The van der Waals surface area contributed by atoms with Crippen molar-refractivity contribution in [3.63, 3.8) is 0 Å². The number of nitrogens with zero attached hydrogens (tertiary/aromatic N) is 1. The number of hydrogen-bond acceptors (Lipinski definition) is 3. The number of carbonyl (C=O) groups is 1. The molecule has 1 aromatic carbocycles. The van der Waals surface area contributed by atoms with Crippen LogP contribution in [0.1, 0.15) is 49.7 Å². The Morgan fingerprint density at radius 3 is 2.17 bits per heavy atom. The highest BCUT2D eigenvalue weighted by atomic mass is 16.1. The predicted octanol–water partition coefficient (Wildman–Crippen LogP) is 4.33. The van der Waals surface area contributed by atoms with Crippen LogP contribution in [0.3, 0.4) is 0 Å². The molecule has 0 aliphatic rings. The van der Waals surface area contributed by atoms with Crippen molar-refractivity contribution in [2.75, 3.05) is 11.9 Å². The SMILES string of the molecule is CC(C)CNC(=O)c1ccc(Nc2ccc(C(C)C)cc2)cn1. The van der Waals surface area contributed by atoms with E-state index in [-0.39, 0.29) is 5.91 Å². The van der Waals surface area contributed by atoms with E-state index in [0.29, 0.717) is 24.1 Å². The van der Waals surface area contributed by atoms with Gasteiger partial charge >= 0.3 is 0 Å². The maximum Gasteiger partial charge on any atom is 0.269 e. The molecule has 0 saturated carbocycles. The van der Waals surface area contributed by atoms with Gasteiger partial charge in [0.2, 0.25) is 0 Å². The maximum atomic E-state index is 11.9. The highest BCUT2D eigenvalue weighted by Gasteiger charge is 2.07. The fourth-order valence-electron chi connectivity index (χ4n) is 2.11. The third-order valence-corrected chi connectivity index (χ3v) is 3.53. The molecule has 1 amide bonds. The highest BCUT2D eigenvalue weighted by molar-refractivity contribution is 5.92. The van der Waals surface area contributed by atoms with Gasteiger partial charge in [-0.15, -0.1) is 0 Å². The molecule has 0 unspecified atom stereocenters. The second-order valence-corrected chi connectivity index (χ2v) is 6.44. The van der Waals surface area contributed by atoms with Gasteiger partial charge in [-0.2, -0.15) is 0 Å². The van der Waals surface area contributed by atoms with Crippen LogP contribution in [-0.4, -0.2) is 17.4 Å². The first-order chi connectivity index (χ1) is 11.0. The highest BCUT2D eigenvalue weighted by Crippen LogP contribution is 2.20. The van der Waals surface area contributed by atoms with Crippen molar-refractivity contribution >= 4 is 17.3 Å². The Balaban J connectivity index is 1.98. The van der Waals surface area contributed by atoms with Crippen LogP contribution in [0, 0.1) is 5.92 Å². The fourth-order valence-corrected chi connectivity index (χ4v) is 2.11. The predicted molar refractivity (Wildman–Crippen MR) is 95.2 cm³/mol.